The highest BCUT2D eigenvalue weighted by molar-refractivity contribution is 5.88. The summed E-state index contributed by atoms with van der Waals surface area (Å²) in [7, 11) is 0. The number of H-pyrrole nitrogens is 1. The molecule has 2 aromatic carbocycles. The van der Waals surface area contributed by atoms with Crippen molar-refractivity contribution in [2.45, 2.75) is 6.54 Å². The number of anilines is 2. The minimum atomic E-state index is 0.287. The zero-order valence-electron chi connectivity index (χ0n) is 11.2. The quantitative estimate of drug-likeness (QED) is 0.643. The third kappa shape index (κ3) is 2.10. The van der Waals surface area contributed by atoms with Crippen molar-refractivity contribution in [3.63, 3.8) is 0 Å². The van der Waals surface area contributed by atoms with E-state index in [2.05, 4.69) is 15.5 Å². The highest BCUT2D eigenvalue weighted by atomic mass is 16.7. The molecule has 0 atom stereocenters. The minimum Gasteiger partial charge on any atom is -0.454 e. The zero-order chi connectivity index (χ0) is 14.2. The molecule has 0 saturated heterocycles. The van der Waals surface area contributed by atoms with Gasteiger partial charge in [0.15, 0.2) is 11.5 Å². The van der Waals surface area contributed by atoms with Gasteiger partial charge < -0.3 is 20.5 Å². The standard InChI is InChI=1S/C15H14N4O2/c16-11-4-10-7-18-19-12(10)5-13(11)17-6-9-1-2-14-15(3-9)21-8-20-14/h1-5,7,17H,6,8,16H2,(H,18,19). The summed E-state index contributed by atoms with van der Waals surface area (Å²) in [6.45, 7) is 0.941. The first-order valence-electron chi connectivity index (χ1n) is 6.64. The van der Waals surface area contributed by atoms with Crippen LogP contribution in [0.2, 0.25) is 0 Å². The largest absolute Gasteiger partial charge is 0.454 e. The molecule has 0 aliphatic carbocycles. The number of rotatable bonds is 3. The summed E-state index contributed by atoms with van der Waals surface area (Å²) < 4.78 is 10.7. The Kier molecular flexibility index (Phi) is 2.60. The normalized spacial score (nSPS) is 12.8. The summed E-state index contributed by atoms with van der Waals surface area (Å²) in [4.78, 5) is 0. The number of hydrogen-bond donors (Lipinski definition) is 3. The van der Waals surface area contributed by atoms with E-state index in [-0.39, 0.29) is 6.79 Å². The van der Waals surface area contributed by atoms with Crippen molar-refractivity contribution >= 4 is 22.3 Å². The number of nitrogens with zero attached hydrogens (tertiary/aromatic N) is 1. The van der Waals surface area contributed by atoms with Gasteiger partial charge in [0.25, 0.3) is 0 Å². The Morgan fingerprint density at radius 2 is 2.10 bits per heavy atom. The molecule has 106 valence electrons. The molecule has 1 aliphatic rings. The summed E-state index contributed by atoms with van der Waals surface area (Å²) in [6, 6.07) is 9.76. The smallest absolute Gasteiger partial charge is 0.231 e. The van der Waals surface area contributed by atoms with E-state index in [0.717, 1.165) is 33.7 Å². The molecular weight excluding hydrogens is 268 g/mol. The number of hydrogen-bond acceptors (Lipinski definition) is 5. The first-order chi connectivity index (χ1) is 10.3. The van der Waals surface area contributed by atoms with Crippen LogP contribution in [0.4, 0.5) is 11.4 Å². The summed E-state index contributed by atoms with van der Waals surface area (Å²) in [5.41, 5.74) is 9.69. The van der Waals surface area contributed by atoms with E-state index in [9.17, 15) is 0 Å². The summed E-state index contributed by atoms with van der Waals surface area (Å²) in [5.74, 6) is 1.57. The third-order valence-electron chi connectivity index (χ3n) is 3.53. The number of aromatic amines is 1. The van der Waals surface area contributed by atoms with E-state index in [1.54, 1.807) is 6.20 Å². The Balaban J connectivity index is 1.56. The van der Waals surface area contributed by atoms with Crippen LogP contribution in [0.25, 0.3) is 10.9 Å². The molecule has 3 aromatic rings. The predicted octanol–water partition coefficient (Wildman–Crippen LogP) is 2.49. The monoisotopic (exact) mass is 282 g/mol. The number of fused-ring (bicyclic) bond motifs is 2. The predicted molar refractivity (Wildman–Crippen MR) is 80.4 cm³/mol. The number of benzene rings is 2. The Morgan fingerprint density at radius 3 is 3.05 bits per heavy atom. The fraction of sp³-hybridized carbons (Fsp3) is 0.133. The van der Waals surface area contributed by atoms with E-state index in [1.165, 1.54) is 0 Å². The van der Waals surface area contributed by atoms with Gasteiger partial charge in [-0.25, -0.2) is 0 Å². The Morgan fingerprint density at radius 1 is 1.19 bits per heavy atom. The lowest BCUT2D eigenvalue weighted by molar-refractivity contribution is 0.174. The van der Waals surface area contributed by atoms with Crippen molar-refractivity contribution in [3.05, 3.63) is 42.1 Å². The lowest BCUT2D eigenvalue weighted by Gasteiger charge is -2.10. The van der Waals surface area contributed by atoms with Gasteiger partial charge >= 0.3 is 0 Å². The number of ether oxygens (including phenoxy) is 2. The second-order valence-electron chi connectivity index (χ2n) is 4.94. The van der Waals surface area contributed by atoms with E-state index < -0.39 is 0 Å². The van der Waals surface area contributed by atoms with Gasteiger partial charge in [0.2, 0.25) is 6.79 Å². The number of nitrogens with two attached hydrogens (primary N) is 1. The van der Waals surface area contributed by atoms with Gasteiger partial charge in [0.1, 0.15) is 0 Å². The van der Waals surface area contributed by atoms with Crippen LogP contribution in [-0.2, 0) is 6.54 Å². The fourth-order valence-corrected chi connectivity index (χ4v) is 2.41. The van der Waals surface area contributed by atoms with E-state index in [0.29, 0.717) is 12.2 Å². The molecule has 0 amide bonds. The average molecular weight is 282 g/mol. The van der Waals surface area contributed by atoms with Crippen molar-refractivity contribution in [2.24, 2.45) is 0 Å². The van der Waals surface area contributed by atoms with Gasteiger partial charge in [0.05, 0.1) is 23.1 Å². The van der Waals surface area contributed by atoms with Crippen molar-refractivity contribution in [2.75, 3.05) is 17.8 Å². The summed E-state index contributed by atoms with van der Waals surface area (Å²) in [6.07, 6.45) is 1.76. The van der Waals surface area contributed by atoms with Crippen LogP contribution < -0.4 is 20.5 Å². The Labute approximate surface area is 120 Å². The van der Waals surface area contributed by atoms with Crippen LogP contribution in [0, 0.1) is 0 Å². The van der Waals surface area contributed by atoms with E-state index >= 15 is 0 Å². The average Bonchev–Trinajstić information content (AvgIpc) is 3.12. The molecule has 0 bridgehead atoms. The molecule has 1 aliphatic heterocycles. The molecule has 0 radical (unpaired) electrons. The Bertz CT molecular complexity index is 813. The molecule has 0 saturated carbocycles. The first kappa shape index (κ1) is 11.9. The molecule has 6 heteroatoms. The van der Waals surface area contributed by atoms with Crippen LogP contribution in [0.5, 0.6) is 11.5 Å². The van der Waals surface area contributed by atoms with Crippen molar-refractivity contribution < 1.29 is 9.47 Å². The van der Waals surface area contributed by atoms with Gasteiger partial charge in [-0.2, -0.15) is 5.10 Å². The molecule has 0 unspecified atom stereocenters. The summed E-state index contributed by atoms with van der Waals surface area (Å²) >= 11 is 0. The molecule has 1 aromatic heterocycles. The highest BCUT2D eigenvalue weighted by Gasteiger charge is 2.13. The van der Waals surface area contributed by atoms with Gasteiger partial charge in [0, 0.05) is 11.9 Å². The second-order valence-corrected chi connectivity index (χ2v) is 4.94. The number of nitrogens with one attached hydrogen (secondary N) is 2. The maximum Gasteiger partial charge on any atom is 0.231 e. The number of nitrogen functional groups attached to an aromatic ring is 1. The van der Waals surface area contributed by atoms with Crippen LogP contribution in [-0.4, -0.2) is 17.0 Å². The molecule has 4 N–H and O–H groups in total. The lowest BCUT2D eigenvalue weighted by Crippen LogP contribution is -2.02. The highest BCUT2D eigenvalue weighted by Crippen LogP contribution is 2.33. The van der Waals surface area contributed by atoms with Crippen molar-refractivity contribution in [1.82, 2.24) is 10.2 Å². The fourth-order valence-electron chi connectivity index (χ4n) is 2.41. The first-order valence-corrected chi connectivity index (χ1v) is 6.64. The number of aromatic nitrogens is 2. The maximum absolute atomic E-state index is 6.05. The van der Waals surface area contributed by atoms with E-state index in [1.807, 2.05) is 30.3 Å². The molecule has 2 heterocycles. The molecule has 6 nitrogen and oxygen atoms in total. The summed E-state index contributed by atoms with van der Waals surface area (Å²) in [5, 5.41) is 11.3. The van der Waals surface area contributed by atoms with Crippen LogP contribution in [0.15, 0.2) is 36.5 Å². The van der Waals surface area contributed by atoms with Gasteiger partial charge in [-0.3, -0.25) is 5.10 Å². The zero-order valence-corrected chi connectivity index (χ0v) is 11.2. The van der Waals surface area contributed by atoms with Gasteiger partial charge in [-0.05, 0) is 29.8 Å². The topological polar surface area (TPSA) is 85.2 Å². The lowest BCUT2D eigenvalue weighted by atomic mass is 10.1. The minimum absolute atomic E-state index is 0.287. The molecule has 0 spiro atoms. The van der Waals surface area contributed by atoms with Crippen LogP contribution in [0.1, 0.15) is 5.56 Å². The van der Waals surface area contributed by atoms with Crippen molar-refractivity contribution in [3.8, 4) is 11.5 Å². The van der Waals surface area contributed by atoms with Gasteiger partial charge in [-0.15, -0.1) is 0 Å². The van der Waals surface area contributed by atoms with Crippen LogP contribution >= 0.6 is 0 Å². The molecular formula is C15H14N4O2. The molecule has 21 heavy (non-hydrogen) atoms. The van der Waals surface area contributed by atoms with E-state index in [4.69, 9.17) is 15.2 Å². The second kappa shape index (κ2) is 4.59. The maximum atomic E-state index is 6.05. The third-order valence-corrected chi connectivity index (χ3v) is 3.53. The van der Waals surface area contributed by atoms with Gasteiger partial charge in [-0.1, -0.05) is 6.07 Å². The molecule has 0 fully saturated rings. The van der Waals surface area contributed by atoms with Crippen molar-refractivity contribution in [1.29, 1.82) is 0 Å². The SMILES string of the molecule is Nc1cc2cn[nH]c2cc1NCc1ccc2c(c1)OCO2. The molecule has 4 rings (SSSR count). The van der Waals surface area contributed by atoms with Crippen LogP contribution in [0.3, 0.4) is 0 Å². The Hall–Kier alpha value is -2.89.